The van der Waals surface area contributed by atoms with Crippen molar-refractivity contribution in [1.82, 2.24) is 5.32 Å². The maximum atomic E-state index is 12.1. The summed E-state index contributed by atoms with van der Waals surface area (Å²) < 4.78 is 33.5. The highest BCUT2D eigenvalue weighted by Crippen LogP contribution is 2.28. The van der Waals surface area contributed by atoms with Gasteiger partial charge in [-0.2, -0.15) is 0 Å². The van der Waals surface area contributed by atoms with Gasteiger partial charge in [0.05, 0.1) is 18.6 Å². The number of fused-ring (bicyclic) bond motifs is 1. The molecular weight excluding hydrogens is 294 g/mol. The number of methoxy groups -OCH3 is 1. The van der Waals surface area contributed by atoms with E-state index in [1.807, 2.05) is 12.1 Å². The van der Waals surface area contributed by atoms with Crippen LogP contribution in [0.15, 0.2) is 28.7 Å². The molecular formula is C14H15NO5S. The monoisotopic (exact) mass is 309 g/mol. The molecule has 1 fully saturated rings. The van der Waals surface area contributed by atoms with Gasteiger partial charge in [-0.25, -0.2) is 8.42 Å². The first-order chi connectivity index (χ1) is 9.98. The first-order valence-corrected chi connectivity index (χ1v) is 8.38. The van der Waals surface area contributed by atoms with Gasteiger partial charge in [0.25, 0.3) is 5.91 Å². The number of carbonyl (C=O) groups excluding carboxylic acids is 1. The Morgan fingerprint density at radius 1 is 1.43 bits per heavy atom. The first-order valence-electron chi connectivity index (χ1n) is 6.56. The van der Waals surface area contributed by atoms with Crippen LogP contribution in [0.3, 0.4) is 0 Å². The summed E-state index contributed by atoms with van der Waals surface area (Å²) in [6.45, 7) is 0. The molecule has 1 aromatic heterocycles. The smallest absolute Gasteiger partial charge is 0.287 e. The summed E-state index contributed by atoms with van der Waals surface area (Å²) in [7, 11) is -1.50. The van der Waals surface area contributed by atoms with Crippen molar-refractivity contribution in [3.05, 3.63) is 30.0 Å². The van der Waals surface area contributed by atoms with Gasteiger partial charge < -0.3 is 14.5 Å². The zero-order chi connectivity index (χ0) is 15.0. The highest BCUT2D eigenvalue weighted by atomic mass is 32.2. The van der Waals surface area contributed by atoms with Crippen molar-refractivity contribution in [1.29, 1.82) is 0 Å². The summed E-state index contributed by atoms with van der Waals surface area (Å²) in [6.07, 6.45) is 0.442. The van der Waals surface area contributed by atoms with Gasteiger partial charge in [0, 0.05) is 11.4 Å². The van der Waals surface area contributed by atoms with Crippen molar-refractivity contribution in [2.45, 2.75) is 12.5 Å². The molecule has 3 rings (SSSR count). The van der Waals surface area contributed by atoms with Crippen molar-refractivity contribution in [3.8, 4) is 5.75 Å². The molecule has 0 aliphatic carbocycles. The molecule has 1 amide bonds. The quantitative estimate of drug-likeness (QED) is 0.925. The molecule has 1 aliphatic rings. The zero-order valence-corrected chi connectivity index (χ0v) is 12.3. The van der Waals surface area contributed by atoms with E-state index >= 15 is 0 Å². The second-order valence-electron chi connectivity index (χ2n) is 5.06. The summed E-state index contributed by atoms with van der Waals surface area (Å²) >= 11 is 0. The molecule has 112 valence electrons. The fourth-order valence-electron chi connectivity index (χ4n) is 2.47. The average Bonchev–Trinajstić information content (AvgIpc) is 3.01. The zero-order valence-electron chi connectivity index (χ0n) is 11.5. The molecule has 0 spiro atoms. The van der Waals surface area contributed by atoms with Crippen LogP contribution >= 0.6 is 0 Å². The number of sulfone groups is 1. The Bertz CT molecular complexity index is 793. The van der Waals surface area contributed by atoms with Gasteiger partial charge in [0.15, 0.2) is 26.9 Å². The van der Waals surface area contributed by atoms with Crippen LogP contribution in [0.5, 0.6) is 5.75 Å². The lowest BCUT2D eigenvalue weighted by molar-refractivity contribution is 0.0915. The Balaban J connectivity index is 1.82. The maximum Gasteiger partial charge on any atom is 0.287 e. The molecule has 1 saturated heterocycles. The Labute approximate surface area is 122 Å². The normalized spacial score (nSPS) is 20.5. The predicted molar refractivity (Wildman–Crippen MR) is 77.3 cm³/mol. The number of ether oxygens (including phenoxy) is 1. The van der Waals surface area contributed by atoms with E-state index in [9.17, 15) is 13.2 Å². The lowest BCUT2D eigenvalue weighted by Gasteiger charge is -2.08. The largest absolute Gasteiger partial charge is 0.493 e. The molecule has 2 aromatic rings. The SMILES string of the molecule is COc1cccc2cc(C(=O)NC3CCS(=O)(=O)C3)oc12. The number of rotatable bonds is 3. The van der Waals surface area contributed by atoms with E-state index in [1.165, 1.54) is 7.11 Å². The number of hydrogen-bond acceptors (Lipinski definition) is 5. The van der Waals surface area contributed by atoms with Crippen molar-refractivity contribution in [2.75, 3.05) is 18.6 Å². The molecule has 1 aliphatic heterocycles. The second kappa shape index (κ2) is 5.07. The molecule has 1 atom stereocenters. The minimum atomic E-state index is -3.02. The average molecular weight is 309 g/mol. The summed E-state index contributed by atoms with van der Waals surface area (Å²) in [5.74, 6) is 0.401. The third-order valence-corrected chi connectivity index (χ3v) is 5.29. The number of para-hydroxylation sites is 1. The summed E-state index contributed by atoms with van der Waals surface area (Å²) in [6, 6.07) is 6.64. The van der Waals surface area contributed by atoms with E-state index in [0.29, 0.717) is 17.8 Å². The number of amides is 1. The van der Waals surface area contributed by atoms with Crippen LogP contribution in [0.1, 0.15) is 17.0 Å². The molecule has 0 radical (unpaired) electrons. The standard InChI is InChI=1S/C14H15NO5S/c1-19-11-4-2-3-9-7-12(20-13(9)11)14(16)15-10-5-6-21(17,18)8-10/h2-4,7,10H,5-6,8H2,1H3,(H,15,16). The van der Waals surface area contributed by atoms with E-state index in [-0.39, 0.29) is 23.3 Å². The Hall–Kier alpha value is -2.02. The molecule has 7 heteroatoms. The van der Waals surface area contributed by atoms with Gasteiger partial charge in [0.1, 0.15) is 0 Å². The van der Waals surface area contributed by atoms with E-state index in [4.69, 9.17) is 9.15 Å². The summed E-state index contributed by atoms with van der Waals surface area (Å²) in [5, 5.41) is 3.46. The van der Waals surface area contributed by atoms with Gasteiger partial charge in [-0.15, -0.1) is 0 Å². The van der Waals surface area contributed by atoms with Crippen LogP contribution in [-0.4, -0.2) is 39.0 Å². The Morgan fingerprint density at radius 2 is 2.24 bits per heavy atom. The number of carbonyl (C=O) groups is 1. The molecule has 2 heterocycles. The van der Waals surface area contributed by atoms with E-state index in [1.54, 1.807) is 12.1 Å². The lowest BCUT2D eigenvalue weighted by Crippen LogP contribution is -2.35. The molecule has 1 aromatic carbocycles. The minimum absolute atomic E-state index is 0.0116. The van der Waals surface area contributed by atoms with Gasteiger partial charge >= 0.3 is 0 Å². The summed E-state index contributed by atoms with van der Waals surface area (Å²) in [5.41, 5.74) is 0.504. The third-order valence-electron chi connectivity index (χ3n) is 3.52. The van der Waals surface area contributed by atoms with Crippen LogP contribution in [-0.2, 0) is 9.84 Å². The Morgan fingerprint density at radius 3 is 2.90 bits per heavy atom. The first kappa shape index (κ1) is 13.9. The molecule has 21 heavy (non-hydrogen) atoms. The number of benzene rings is 1. The van der Waals surface area contributed by atoms with Crippen molar-refractivity contribution < 1.29 is 22.4 Å². The van der Waals surface area contributed by atoms with Crippen LogP contribution in [0.2, 0.25) is 0 Å². The number of hydrogen-bond donors (Lipinski definition) is 1. The van der Waals surface area contributed by atoms with Gasteiger partial charge in [-0.1, -0.05) is 12.1 Å². The molecule has 1 N–H and O–H groups in total. The van der Waals surface area contributed by atoms with E-state index in [0.717, 1.165) is 5.39 Å². The van der Waals surface area contributed by atoms with Crippen molar-refractivity contribution >= 4 is 26.7 Å². The van der Waals surface area contributed by atoms with Crippen LogP contribution in [0, 0.1) is 0 Å². The van der Waals surface area contributed by atoms with Gasteiger partial charge in [0.2, 0.25) is 0 Å². The van der Waals surface area contributed by atoms with Crippen LogP contribution in [0.4, 0.5) is 0 Å². The summed E-state index contributed by atoms with van der Waals surface area (Å²) in [4.78, 5) is 12.1. The molecule has 0 saturated carbocycles. The fourth-order valence-corrected chi connectivity index (χ4v) is 4.15. The number of nitrogens with one attached hydrogen (secondary N) is 1. The molecule has 0 bridgehead atoms. The topological polar surface area (TPSA) is 85.6 Å². The lowest BCUT2D eigenvalue weighted by atomic mass is 10.2. The van der Waals surface area contributed by atoms with E-state index < -0.39 is 15.7 Å². The molecule has 6 nitrogen and oxygen atoms in total. The fraction of sp³-hybridized carbons (Fsp3) is 0.357. The van der Waals surface area contributed by atoms with Gasteiger partial charge in [-0.05, 0) is 18.6 Å². The second-order valence-corrected chi connectivity index (χ2v) is 7.29. The van der Waals surface area contributed by atoms with Crippen molar-refractivity contribution in [3.63, 3.8) is 0 Å². The van der Waals surface area contributed by atoms with Crippen LogP contribution in [0.25, 0.3) is 11.0 Å². The number of furan rings is 1. The maximum absolute atomic E-state index is 12.1. The van der Waals surface area contributed by atoms with Crippen LogP contribution < -0.4 is 10.1 Å². The van der Waals surface area contributed by atoms with Gasteiger partial charge in [-0.3, -0.25) is 4.79 Å². The third kappa shape index (κ3) is 2.73. The predicted octanol–water partition coefficient (Wildman–Crippen LogP) is 1.36. The van der Waals surface area contributed by atoms with E-state index in [2.05, 4.69) is 5.32 Å². The highest BCUT2D eigenvalue weighted by molar-refractivity contribution is 7.91. The Kier molecular flexibility index (Phi) is 3.36. The molecule has 1 unspecified atom stereocenters. The highest BCUT2D eigenvalue weighted by Gasteiger charge is 2.29. The minimum Gasteiger partial charge on any atom is -0.493 e. The van der Waals surface area contributed by atoms with Crippen molar-refractivity contribution in [2.24, 2.45) is 0 Å².